The van der Waals surface area contributed by atoms with Gasteiger partial charge in [-0.2, -0.15) is 0 Å². The fourth-order valence-electron chi connectivity index (χ4n) is 2.24. The molecule has 1 unspecified atom stereocenters. The van der Waals surface area contributed by atoms with Crippen LogP contribution in [0.4, 0.5) is 14.5 Å². The van der Waals surface area contributed by atoms with Crippen LogP contribution in [0, 0.1) is 5.92 Å². The van der Waals surface area contributed by atoms with Crippen LogP contribution >= 0.6 is 24.0 Å². The average Bonchev–Trinajstić information content (AvgIpc) is 2.87. The normalized spacial score (nSPS) is 17.8. The number of carbonyl (C=O) groups is 2. The highest BCUT2D eigenvalue weighted by Gasteiger charge is 2.38. The predicted octanol–water partition coefficient (Wildman–Crippen LogP) is 1.82. The Morgan fingerprint density at radius 3 is 2.78 bits per heavy atom. The van der Waals surface area contributed by atoms with Crippen molar-refractivity contribution in [2.75, 3.05) is 24.5 Å². The topological polar surface area (TPSA) is 75.4 Å². The van der Waals surface area contributed by atoms with Gasteiger partial charge in [0.15, 0.2) is 0 Å². The number of halogens is 4. The molecule has 1 aliphatic heterocycles. The second-order valence-electron chi connectivity index (χ2n) is 5.09. The lowest BCUT2D eigenvalue weighted by Gasteiger charge is -2.18. The molecule has 3 N–H and O–H groups in total. The molecular weight excluding hydrogens is 351 g/mol. The lowest BCUT2D eigenvalue weighted by molar-refractivity contribution is -0.133. The summed E-state index contributed by atoms with van der Waals surface area (Å²) in [5.74, 6) is -5.27. The van der Waals surface area contributed by atoms with E-state index in [9.17, 15) is 18.4 Å². The molecule has 1 fully saturated rings. The van der Waals surface area contributed by atoms with Crippen LogP contribution in [0.25, 0.3) is 0 Å². The summed E-state index contributed by atoms with van der Waals surface area (Å²) in [5, 5.41) is 2.56. The predicted molar refractivity (Wildman–Crippen MR) is 86.2 cm³/mol. The second kappa shape index (κ2) is 7.90. The molecule has 0 saturated carbocycles. The lowest BCUT2D eigenvalue weighted by atomic mass is 10.1. The molecule has 1 heterocycles. The summed E-state index contributed by atoms with van der Waals surface area (Å²) in [5.41, 5.74) is 5.48. The maximum atomic E-state index is 13.0. The molecule has 0 aromatic heterocycles. The zero-order chi connectivity index (χ0) is 16.3. The van der Waals surface area contributed by atoms with E-state index < -0.39 is 36.7 Å². The summed E-state index contributed by atoms with van der Waals surface area (Å²) < 4.78 is 26.1. The first-order valence-electron chi connectivity index (χ1n) is 6.76. The van der Waals surface area contributed by atoms with Gasteiger partial charge in [-0.05, 0) is 24.6 Å². The van der Waals surface area contributed by atoms with E-state index in [1.165, 1.54) is 4.90 Å². The van der Waals surface area contributed by atoms with Crippen molar-refractivity contribution in [3.8, 4) is 0 Å². The Balaban J connectivity index is 0.00000264. The van der Waals surface area contributed by atoms with Crippen molar-refractivity contribution in [1.82, 2.24) is 5.32 Å². The van der Waals surface area contributed by atoms with Crippen molar-refractivity contribution in [2.24, 2.45) is 11.7 Å². The molecule has 9 heteroatoms. The molecule has 0 spiro atoms. The van der Waals surface area contributed by atoms with Crippen molar-refractivity contribution in [1.29, 1.82) is 0 Å². The molecule has 1 aromatic rings. The number of benzene rings is 1. The van der Waals surface area contributed by atoms with E-state index in [0.717, 1.165) is 0 Å². The first kappa shape index (κ1) is 19.6. The van der Waals surface area contributed by atoms with Gasteiger partial charge in [0.05, 0.1) is 13.1 Å². The highest BCUT2D eigenvalue weighted by Crippen LogP contribution is 2.27. The number of anilines is 1. The third-order valence-electron chi connectivity index (χ3n) is 3.46. The Bertz CT molecular complexity index is 587. The van der Waals surface area contributed by atoms with Crippen LogP contribution in [0.3, 0.4) is 0 Å². The van der Waals surface area contributed by atoms with Crippen LogP contribution in [-0.2, 0) is 9.59 Å². The third kappa shape index (κ3) is 4.76. The van der Waals surface area contributed by atoms with Gasteiger partial charge in [0.1, 0.15) is 5.92 Å². The van der Waals surface area contributed by atoms with Gasteiger partial charge in [-0.15, -0.1) is 12.4 Å². The minimum atomic E-state index is -3.18. The van der Waals surface area contributed by atoms with E-state index >= 15 is 0 Å². The van der Waals surface area contributed by atoms with E-state index in [1.54, 1.807) is 24.3 Å². The van der Waals surface area contributed by atoms with Crippen LogP contribution in [0.2, 0.25) is 5.02 Å². The minimum absolute atomic E-state index is 0. The van der Waals surface area contributed by atoms with Gasteiger partial charge < -0.3 is 16.0 Å². The molecule has 1 atom stereocenters. The number of carbonyl (C=O) groups excluding carboxylic acids is 2. The van der Waals surface area contributed by atoms with E-state index in [0.29, 0.717) is 17.3 Å². The molecule has 0 bridgehead atoms. The highest BCUT2D eigenvalue weighted by molar-refractivity contribution is 6.31. The number of amides is 2. The summed E-state index contributed by atoms with van der Waals surface area (Å²) in [6.45, 7) is -1.39. The quantitative estimate of drug-likeness (QED) is 0.779. The Labute approximate surface area is 143 Å². The fraction of sp³-hybridized carbons (Fsp3) is 0.429. The zero-order valence-electron chi connectivity index (χ0n) is 12.1. The van der Waals surface area contributed by atoms with Crippen molar-refractivity contribution in [3.63, 3.8) is 0 Å². The molecule has 5 nitrogen and oxygen atoms in total. The van der Waals surface area contributed by atoms with Crippen LogP contribution in [0.1, 0.15) is 6.42 Å². The summed E-state index contributed by atoms with van der Waals surface area (Å²) >= 11 is 5.87. The van der Waals surface area contributed by atoms with Gasteiger partial charge in [0, 0.05) is 17.3 Å². The molecule has 1 aliphatic rings. The van der Waals surface area contributed by atoms with Crippen molar-refractivity contribution < 1.29 is 18.4 Å². The van der Waals surface area contributed by atoms with E-state index in [1.807, 2.05) is 0 Å². The molecule has 0 aliphatic carbocycles. The Morgan fingerprint density at radius 1 is 1.48 bits per heavy atom. The standard InChI is InChI=1S/C14H16ClF2N3O2.ClH/c15-9-2-1-3-10(6-9)20-5-4-11(13(20)22)12(21)19-8-14(16,17)7-18;/h1-3,6,11H,4-5,7-8,18H2,(H,19,21);1H. The zero-order valence-corrected chi connectivity index (χ0v) is 13.7. The summed E-state index contributed by atoms with van der Waals surface area (Å²) in [6.07, 6.45) is 0.269. The SMILES string of the molecule is Cl.NCC(F)(F)CNC(=O)C1CCN(c2cccc(Cl)c2)C1=O. The maximum absolute atomic E-state index is 13.0. The summed E-state index contributed by atoms with van der Waals surface area (Å²) in [4.78, 5) is 25.6. The van der Waals surface area contributed by atoms with E-state index in [-0.39, 0.29) is 18.8 Å². The van der Waals surface area contributed by atoms with Crippen molar-refractivity contribution in [3.05, 3.63) is 29.3 Å². The minimum Gasteiger partial charge on any atom is -0.349 e. The number of hydrogen-bond acceptors (Lipinski definition) is 3. The maximum Gasteiger partial charge on any atom is 0.277 e. The Kier molecular flexibility index (Phi) is 6.73. The van der Waals surface area contributed by atoms with Gasteiger partial charge in [-0.25, -0.2) is 8.78 Å². The molecule has 1 aromatic carbocycles. The first-order chi connectivity index (χ1) is 10.3. The van der Waals surface area contributed by atoms with Gasteiger partial charge >= 0.3 is 0 Å². The molecule has 0 radical (unpaired) electrons. The first-order valence-corrected chi connectivity index (χ1v) is 7.14. The van der Waals surface area contributed by atoms with Crippen molar-refractivity contribution >= 4 is 41.5 Å². The van der Waals surface area contributed by atoms with E-state index in [2.05, 4.69) is 5.32 Å². The lowest BCUT2D eigenvalue weighted by Crippen LogP contribution is -2.45. The summed E-state index contributed by atoms with van der Waals surface area (Å²) in [7, 11) is 0. The van der Waals surface area contributed by atoms with Gasteiger partial charge in [-0.1, -0.05) is 17.7 Å². The van der Waals surface area contributed by atoms with Gasteiger partial charge in [-0.3, -0.25) is 9.59 Å². The van der Waals surface area contributed by atoms with E-state index in [4.69, 9.17) is 17.3 Å². The largest absolute Gasteiger partial charge is 0.349 e. The Hall–Kier alpha value is -1.44. The number of hydrogen-bond donors (Lipinski definition) is 2. The average molecular weight is 368 g/mol. The Morgan fingerprint density at radius 2 is 2.17 bits per heavy atom. The smallest absolute Gasteiger partial charge is 0.277 e. The molecule has 1 saturated heterocycles. The summed E-state index contributed by atoms with van der Waals surface area (Å²) in [6, 6.07) is 6.68. The van der Waals surface area contributed by atoms with Crippen LogP contribution in [-0.4, -0.2) is 37.4 Å². The van der Waals surface area contributed by atoms with Gasteiger partial charge in [0.2, 0.25) is 11.8 Å². The molecule has 23 heavy (non-hydrogen) atoms. The van der Waals surface area contributed by atoms with Crippen LogP contribution in [0.5, 0.6) is 0 Å². The third-order valence-corrected chi connectivity index (χ3v) is 3.70. The molecule has 2 amide bonds. The monoisotopic (exact) mass is 367 g/mol. The number of nitrogens with two attached hydrogens (primary N) is 1. The highest BCUT2D eigenvalue weighted by atomic mass is 35.5. The molecular formula is C14H17Cl2F2N3O2. The van der Waals surface area contributed by atoms with Crippen LogP contribution < -0.4 is 16.0 Å². The van der Waals surface area contributed by atoms with Gasteiger partial charge in [0.25, 0.3) is 5.92 Å². The number of alkyl halides is 2. The fourth-order valence-corrected chi connectivity index (χ4v) is 2.42. The number of nitrogens with one attached hydrogen (secondary N) is 1. The van der Waals surface area contributed by atoms with Crippen LogP contribution in [0.15, 0.2) is 24.3 Å². The second-order valence-corrected chi connectivity index (χ2v) is 5.53. The van der Waals surface area contributed by atoms with Crippen molar-refractivity contribution in [2.45, 2.75) is 12.3 Å². The number of nitrogens with zero attached hydrogens (tertiary/aromatic N) is 1. The molecule has 2 rings (SSSR count). The number of rotatable bonds is 5. The molecule has 128 valence electrons.